The van der Waals surface area contributed by atoms with Crippen molar-refractivity contribution in [2.24, 2.45) is 0 Å². The van der Waals surface area contributed by atoms with Crippen LogP contribution in [0.15, 0.2) is 35.2 Å². The zero-order chi connectivity index (χ0) is 21.9. The topological polar surface area (TPSA) is 94.2 Å². The Morgan fingerprint density at radius 1 is 1.07 bits per heavy atom. The molecule has 2 aromatic carbocycles. The van der Waals surface area contributed by atoms with Crippen molar-refractivity contribution in [1.29, 1.82) is 0 Å². The lowest BCUT2D eigenvalue weighted by Gasteiger charge is -2.28. The highest BCUT2D eigenvalue weighted by Gasteiger charge is 2.23. The van der Waals surface area contributed by atoms with Crippen LogP contribution in [-0.2, 0) is 27.8 Å². The molecular weight excluding hydrogens is 408 g/mol. The summed E-state index contributed by atoms with van der Waals surface area (Å²) in [6, 6.07) is 8.26. The molecule has 9 heteroatoms. The molecule has 0 fully saturated rings. The molecule has 0 unspecified atom stereocenters. The van der Waals surface area contributed by atoms with Crippen LogP contribution in [0.25, 0.3) is 0 Å². The van der Waals surface area contributed by atoms with Gasteiger partial charge in [-0.1, -0.05) is 0 Å². The maximum Gasteiger partial charge on any atom is 0.240 e. The average Bonchev–Trinajstić information content (AvgIpc) is 2.75. The van der Waals surface area contributed by atoms with Crippen molar-refractivity contribution in [2.75, 3.05) is 32.8 Å². The average molecular weight is 435 g/mol. The fourth-order valence-corrected chi connectivity index (χ4v) is 4.63. The molecule has 0 radical (unpaired) electrons. The molecule has 1 N–H and O–H groups in total. The Balaban J connectivity index is 1.83. The molecular formula is C21H26N2O6S. The van der Waals surface area contributed by atoms with Gasteiger partial charge >= 0.3 is 0 Å². The SMILES string of the molecule is COc1cc(CNS(=O)(=O)c2ccc3c(c2)CCCN3C(C)=O)cc(OC)c1OC. The maximum atomic E-state index is 12.9. The molecule has 0 spiro atoms. The van der Waals surface area contributed by atoms with Crippen LogP contribution in [0.3, 0.4) is 0 Å². The summed E-state index contributed by atoms with van der Waals surface area (Å²) < 4.78 is 44.2. The molecule has 2 aromatic rings. The lowest BCUT2D eigenvalue weighted by atomic mass is 10.0. The normalized spacial score (nSPS) is 13.5. The molecule has 0 aliphatic carbocycles. The number of amides is 1. The summed E-state index contributed by atoms with van der Waals surface area (Å²) in [5.74, 6) is 1.29. The third-order valence-corrected chi connectivity index (χ3v) is 6.45. The lowest BCUT2D eigenvalue weighted by Crippen LogP contribution is -2.33. The van der Waals surface area contributed by atoms with Gasteiger partial charge in [-0.15, -0.1) is 0 Å². The van der Waals surface area contributed by atoms with Crippen LogP contribution in [0.5, 0.6) is 17.2 Å². The smallest absolute Gasteiger partial charge is 0.240 e. The summed E-state index contributed by atoms with van der Waals surface area (Å²) in [7, 11) is 0.761. The minimum Gasteiger partial charge on any atom is -0.493 e. The zero-order valence-electron chi connectivity index (χ0n) is 17.5. The Morgan fingerprint density at radius 2 is 1.73 bits per heavy atom. The number of ether oxygens (including phenoxy) is 3. The van der Waals surface area contributed by atoms with Crippen LogP contribution in [0.2, 0.25) is 0 Å². The number of rotatable bonds is 7. The summed E-state index contributed by atoms with van der Waals surface area (Å²) in [5.41, 5.74) is 2.29. The number of nitrogens with one attached hydrogen (secondary N) is 1. The monoisotopic (exact) mass is 434 g/mol. The van der Waals surface area contributed by atoms with Crippen molar-refractivity contribution in [3.63, 3.8) is 0 Å². The zero-order valence-corrected chi connectivity index (χ0v) is 18.3. The first-order valence-electron chi connectivity index (χ1n) is 9.50. The predicted octanol–water partition coefficient (Wildman–Crippen LogP) is 2.49. The second-order valence-electron chi connectivity index (χ2n) is 6.92. The highest BCUT2D eigenvalue weighted by molar-refractivity contribution is 7.89. The number of methoxy groups -OCH3 is 3. The fourth-order valence-electron chi connectivity index (χ4n) is 3.57. The number of hydrogen-bond acceptors (Lipinski definition) is 6. The van der Waals surface area contributed by atoms with E-state index >= 15 is 0 Å². The Morgan fingerprint density at radius 3 is 2.30 bits per heavy atom. The van der Waals surface area contributed by atoms with Crippen LogP contribution in [-0.4, -0.2) is 42.2 Å². The van der Waals surface area contributed by atoms with E-state index in [1.54, 1.807) is 29.2 Å². The molecule has 8 nitrogen and oxygen atoms in total. The molecule has 1 heterocycles. The number of carbonyl (C=O) groups is 1. The van der Waals surface area contributed by atoms with E-state index in [4.69, 9.17) is 14.2 Å². The van der Waals surface area contributed by atoms with Crippen LogP contribution in [0.1, 0.15) is 24.5 Å². The van der Waals surface area contributed by atoms with Gasteiger partial charge in [0.05, 0.1) is 26.2 Å². The first-order valence-corrected chi connectivity index (χ1v) is 11.0. The number of benzene rings is 2. The van der Waals surface area contributed by atoms with Crippen molar-refractivity contribution in [3.8, 4) is 17.2 Å². The van der Waals surface area contributed by atoms with Gasteiger partial charge in [0.15, 0.2) is 11.5 Å². The minimum atomic E-state index is -3.75. The third kappa shape index (κ3) is 4.36. The van der Waals surface area contributed by atoms with Crippen LogP contribution >= 0.6 is 0 Å². The molecule has 1 aliphatic heterocycles. The highest BCUT2D eigenvalue weighted by atomic mass is 32.2. The molecule has 0 saturated carbocycles. The van der Waals surface area contributed by atoms with E-state index in [-0.39, 0.29) is 17.3 Å². The molecule has 0 atom stereocenters. The third-order valence-electron chi connectivity index (χ3n) is 5.05. The minimum absolute atomic E-state index is 0.0490. The number of carbonyl (C=O) groups excluding carboxylic acids is 1. The number of sulfonamides is 1. The summed E-state index contributed by atoms with van der Waals surface area (Å²) in [6.45, 7) is 2.21. The van der Waals surface area contributed by atoms with Crippen LogP contribution in [0, 0.1) is 0 Å². The fraction of sp³-hybridized carbons (Fsp3) is 0.381. The van der Waals surface area contributed by atoms with Gasteiger partial charge in [0.2, 0.25) is 21.7 Å². The van der Waals surface area contributed by atoms with Gasteiger partial charge in [-0.2, -0.15) is 0 Å². The Labute approximate surface area is 176 Å². The van der Waals surface area contributed by atoms with Gasteiger partial charge in [-0.05, 0) is 54.3 Å². The van der Waals surface area contributed by atoms with Gasteiger partial charge in [0.1, 0.15) is 0 Å². The van der Waals surface area contributed by atoms with E-state index < -0.39 is 10.0 Å². The van der Waals surface area contributed by atoms with Gasteiger partial charge in [0, 0.05) is 25.7 Å². The second-order valence-corrected chi connectivity index (χ2v) is 8.69. The predicted molar refractivity (Wildman–Crippen MR) is 113 cm³/mol. The van der Waals surface area contributed by atoms with Crippen LogP contribution < -0.4 is 23.8 Å². The summed E-state index contributed by atoms with van der Waals surface area (Å²) in [5, 5.41) is 0. The number of hydrogen-bond donors (Lipinski definition) is 1. The first kappa shape index (κ1) is 21.9. The van der Waals surface area contributed by atoms with E-state index in [0.29, 0.717) is 29.4 Å². The molecule has 0 aromatic heterocycles. The van der Waals surface area contributed by atoms with E-state index in [1.807, 2.05) is 0 Å². The van der Waals surface area contributed by atoms with Crippen molar-refractivity contribution in [2.45, 2.75) is 31.2 Å². The molecule has 0 saturated heterocycles. The van der Waals surface area contributed by atoms with E-state index in [0.717, 1.165) is 24.1 Å². The number of fused-ring (bicyclic) bond motifs is 1. The molecule has 30 heavy (non-hydrogen) atoms. The Kier molecular flexibility index (Phi) is 6.52. The molecule has 0 bridgehead atoms. The Bertz CT molecular complexity index is 1030. The van der Waals surface area contributed by atoms with E-state index in [1.165, 1.54) is 34.3 Å². The Hall–Kier alpha value is -2.78. The number of nitrogens with zero attached hydrogens (tertiary/aromatic N) is 1. The van der Waals surface area contributed by atoms with E-state index in [9.17, 15) is 13.2 Å². The quantitative estimate of drug-likeness (QED) is 0.720. The van der Waals surface area contributed by atoms with Gasteiger partial charge in [0.25, 0.3) is 0 Å². The number of aryl methyl sites for hydroxylation is 1. The van der Waals surface area contributed by atoms with Gasteiger partial charge in [-0.3, -0.25) is 4.79 Å². The lowest BCUT2D eigenvalue weighted by molar-refractivity contribution is -0.116. The molecule has 162 valence electrons. The van der Waals surface area contributed by atoms with E-state index in [2.05, 4.69) is 4.72 Å². The van der Waals surface area contributed by atoms with Crippen molar-refractivity contribution >= 4 is 21.6 Å². The van der Waals surface area contributed by atoms with Crippen molar-refractivity contribution in [3.05, 3.63) is 41.5 Å². The molecule has 1 aliphatic rings. The second kappa shape index (κ2) is 8.93. The van der Waals surface area contributed by atoms with Gasteiger partial charge in [-0.25, -0.2) is 13.1 Å². The summed E-state index contributed by atoms with van der Waals surface area (Å²) in [6.07, 6.45) is 1.53. The van der Waals surface area contributed by atoms with Crippen molar-refractivity contribution < 1.29 is 27.4 Å². The largest absolute Gasteiger partial charge is 0.493 e. The van der Waals surface area contributed by atoms with Crippen molar-refractivity contribution in [1.82, 2.24) is 4.72 Å². The summed E-state index contributed by atoms with van der Waals surface area (Å²) >= 11 is 0. The summed E-state index contributed by atoms with van der Waals surface area (Å²) in [4.78, 5) is 13.7. The first-order chi connectivity index (χ1) is 14.3. The standard InChI is InChI=1S/C21H26N2O6S/c1-14(24)23-9-5-6-16-12-17(7-8-18(16)23)30(25,26)22-13-15-10-19(27-2)21(29-4)20(11-15)28-3/h7-8,10-12,22H,5-6,9,13H2,1-4H3. The highest BCUT2D eigenvalue weighted by Crippen LogP contribution is 2.38. The van der Waals surface area contributed by atoms with Crippen LogP contribution in [0.4, 0.5) is 5.69 Å². The maximum absolute atomic E-state index is 12.9. The molecule has 1 amide bonds. The molecule has 3 rings (SSSR count). The van der Waals surface area contributed by atoms with Gasteiger partial charge < -0.3 is 19.1 Å². The number of anilines is 1.